The molecule has 43 heteroatoms. The smallest absolute Gasteiger partial charge is 0.344 e. The van der Waals surface area contributed by atoms with Gasteiger partial charge in [0.15, 0.2) is 52.9 Å². The Morgan fingerprint density at radius 3 is 0.803 bits per heavy atom. The Hall–Kier alpha value is -16.9. The minimum atomic E-state index is -1.21. The molecule has 0 fully saturated rings. The number of aliphatic hydroxyl groups is 1. The lowest BCUT2D eigenvalue weighted by atomic mass is 10.1. The molecule has 3 atom stereocenters. The summed E-state index contributed by atoms with van der Waals surface area (Å²) in [7, 11) is 6.00. The first-order valence-electron chi connectivity index (χ1n) is 38.3. The van der Waals surface area contributed by atoms with Gasteiger partial charge in [-0.25, -0.2) is 67.1 Å². The van der Waals surface area contributed by atoms with Crippen LogP contribution in [-0.2, 0) is 134 Å². The molecular formula is C89H95N3O40. The number of benzene rings is 8. The number of carboxylic acids is 2. The standard InChI is InChI=1S/C27H29NO13.C21H21NO9.C13H16O5.C12H15NO5.C9H8O5.C7H6O3/c1-35-23(30)14-38-19-8-4-17(5-9-19)12-21(27(34)37-3)28-22(29)13-40-25(32)16-41-26(33)18-6-10-20(11-7-18)39-15-24(31)36-2;1-29-21(28)17(10-13-2-6-15(23)7-3-13)22-18(25)11-30-19(26)12-31-20(27)14-4-8-16(24)9-5-14;1-13(2,3)18-11(15)8-17-12(16)9-4-6-10(14)7-5-9;1-18-12(17)10(13-11(16)7-14)6-8-2-4-9(15)5-3-8;10-7-3-1-6(2-4-7)9(13)14-5-8(11)12;8-6-3-1-5(2-4-6)7(9)10/h4-11,21H,12-16H2,1-3H3,(H,28,29);2-9,17,23-24H,10-12H2,1H3,(H,22,25);4-7,14H,8H2,1-3H3;2-5,10,14-15H,6-7H2,1H3,(H,13,16);1-4,10H,5H2,(H,11,12);1-4,8H,(H,9,10). The van der Waals surface area contributed by atoms with E-state index in [9.17, 15) is 91.7 Å². The van der Waals surface area contributed by atoms with E-state index in [2.05, 4.69) is 39.6 Å². The van der Waals surface area contributed by atoms with Crippen LogP contribution in [0.25, 0.3) is 0 Å². The number of carbonyl (C=O) groups excluding carboxylic acids is 15. The van der Waals surface area contributed by atoms with Crippen molar-refractivity contribution in [2.75, 3.05) is 95.0 Å². The zero-order valence-electron chi connectivity index (χ0n) is 71.9. The summed E-state index contributed by atoms with van der Waals surface area (Å²) in [6.45, 7) is -0.0986. The monoisotopic (exact) mass is 1850 g/mol. The number of amides is 3. The Labute approximate surface area is 751 Å². The summed E-state index contributed by atoms with van der Waals surface area (Å²) in [6.07, 6.45) is 0.364. The molecule has 0 saturated carbocycles. The number of phenolic OH excluding ortho intramolecular Hbond substituents is 6. The molecule has 0 spiro atoms. The molecule has 8 aromatic carbocycles. The summed E-state index contributed by atoms with van der Waals surface area (Å²) in [4.78, 5) is 195. The fourth-order valence-electron chi connectivity index (χ4n) is 9.48. The Kier molecular flexibility index (Phi) is 48.4. The second-order valence-corrected chi connectivity index (χ2v) is 27.0. The number of aliphatic carboxylic acids is 1. The maximum Gasteiger partial charge on any atom is 0.344 e. The van der Waals surface area contributed by atoms with Crippen LogP contribution >= 0.6 is 0 Å². The molecule has 3 amide bonds. The number of carboxylic acid groups (broad SMARTS) is 2. The number of carbonyl (C=O) groups is 17. The summed E-state index contributed by atoms with van der Waals surface area (Å²) in [6, 6.07) is 42.7. The van der Waals surface area contributed by atoms with E-state index >= 15 is 0 Å². The van der Waals surface area contributed by atoms with E-state index in [-0.39, 0.29) is 94.8 Å². The molecule has 0 aliphatic heterocycles. The first-order valence-corrected chi connectivity index (χ1v) is 38.3. The molecule has 0 bridgehead atoms. The van der Waals surface area contributed by atoms with Crippen LogP contribution in [0, 0.1) is 0 Å². The van der Waals surface area contributed by atoms with Crippen molar-refractivity contribution in [3.05, 3.63) is 239 Å². The molecule has 0 aromatic heterocycles. The number of hydrogen-bond donors (Lipinski definition) is 12. The third-order valence-electron chi connectivity index (χ3n) is 15.8. The lowest BCUT2D eigenvalue weighted by molar-refractivity contribution is -0.158. The van der Waals surface area contributed by atoms with Crippen LogP contribution in [-0.4, -0.2) is 266 Å². The topological polar surface area (TPSA) is 638 Å². The van der Waals surface area contributed by atoms with Gasteiger partial charge in [0.1, 0.15) is 76.3 Å². The fourth-order valence-corrected chi connectivity index (χ4v) is 9.48. The minimum Gasteiger partial charge on any atom is -0.508 e. The summed E-state index contributed by atoms with van der Waals surface area (Å²) in [5.74, 6) is -12.1. The number of esters is 12. The normalized spacial score (nSPS) is 10.7. The number of aromatic carboxylic acids is 1. The van der Waals surface area contributed by atoms with E-state index in [4.69, 9.17) is 78.4 Å². The number of aromatic hydroxyl groups is 6. The quantitative estimate of drug-likeness (QED) is 0.0192. The summed E-state index contributed by atoms with van der Waals surface area (Å²) in [5.41, 5.74) is 2.30. The zero-order valence-corrected chi connectivity index (χ0v) is 71.9. The van der Waals surface area contributed by atoms with Crippen LogP contribution in [0.2, 0.25) is 0 Å². The summed E-state index contributed by atoms with van der Waals surface area (Å²) in [5, 5.41) is 86.8. The SMILES string of the molecule is CC(C)(C)OC(=O)COC(=O)c1ccc(O)cc1.COC(=O)C(Cc1ccc(O)cc1)NC(=O)CO.COC(=O)C(Cc1ccc(O)cc1)NC(=O)COC(=O)COC(=O)c1ccc(O)cc1.COC(=O)COc1ccc(CC(NC(=O)COC(=O)COC(=O)c2ccc(OCC(=O)OC)cc2)C(=O)OC)cc1.O=C(O)COC(=O)c1ccc(O)cc1.O=C(O)c1ccc(O)cc1. The van der Waals surface area contributed by atoms with E-state index in [1.165, 1.54) is 174 Å². The van der Waals surface area contributed by atoms with Gasteiger partial charge in [-0.05, 0) is 195 Å². The van der Waals surface area contributed by atoms with Crippen LogP contribution < -0.4 is 25.4 Å². The van der Waals surface area contributed by atoms with E-state index in [0.29, 0.717) is 22.6 Å². The predicted octanol–water partition coefficient (Wildman–Crippen LogP) is 4.29. The van der Waals surface area contributed by atoms with E-state index in [1.807, 2.05) is 0 Å². The van der Waals surface area contributed by atoms with Crippen molar-refractivity contribution in [2.24, 2.45) is 0 Å². The number of nitrogens with one attached hydrogen (secondary N) is 3. The van der Waals surface area contributed by atoms with Gasteiger partial charge in [0, 0.05) is 19.3 Å². The molecule has 0 heterocycles. The van der Waals surface area contributed by atoms with Crippen LogP contribution in [0.3, 0.4) is 0 Å². The average Bonchev–Trinajstić information content (AvgIpc) is 0.866. The van der Waals surface area contributed by atoms with Crippen LogP contribution in [0.5, 0.6) is 46.0 Å². The van der Waals surface area contributed by atoms with Gasteiger partial charge in [0.2, 0.25) is 5.91 Å². The molecule has 0 radical (unpaired) electrons. The van der Waals surface area contributed by atoms with E-state index < -0.39 is 171 Å². The van der Waals surface area contributed by atoms with E-state index in [1.54, 1.807) is 69.3 Å². The average molecular weight is 1850 g/mol. The van der Waals surface area contributed by atoms with Crippen molar-refractivity contribution >= 4 is 101 Å². The lowest BCUT2D eigenvalue weighted by Gasteiger charge is -2.19. The maximum atomic E-state index is 12.3. The molecule has 0 saturated heterocycles. The Morgan fingerprint density at radius 2 is 0.538 bits per heavy atom. The molecule has 8 aromatic rings. The molecule has 12 N–H and O–H groups in total. The van der Waals surface area contributed by atoms with E-state index in [0.717, 1.165) is 12.7 Å². The van der Waals surface area contributed by atoms with Gasteiger partial charge in [-0.3, -0.25) is 14.4 Å². The third-order valence-corrected chi connectivity index (χ3v) is 15.8. The summed E-state index contributed by atoms with van der Waals surface area (Å²) < 4.78 is 66.7. The van der Waals surface area contributed by atoms with Crippen molar-refractivity contribution in [2.45, 2.75) is 63.8 Å². The number of phenols is 6. The van der Waals surface area contributed by atoms with Gasteiger partial charge in [0.05, 0.1) is 63.4 Å². The zero-order chi connectivity index (χ0) is 98.4. The number of aliphatic hydroxyl groups excluding tert-OH is 1. The first kappa shape index (κ1) is 109. The highest BCUT2D eigenvalue weighted by atomic mass is 16.6. The molecule has 0 aliphatic carbocycles. The number of methoxy groups -OCH3 is 5. The molecule has 3 unspecified atom stereocenters. The van der Waals surface area contributed by atoms with Gasteiger partial charge in [-0.1, -0.05) is 36.4 Å². The Morgan fingerprint density at radius 1 is 0.288 bits per heavy atom. The van der Waals surface area contributed by atoms with Crippen LogP contribution in [0.4, 0.5) is 0 Å². The molecule has 8 rings (SSSR count). The molecule has 132 heavy (non-hydrogen) atoms. The number of ether oxygens (including phenoxy) is 14. The number of hydrogen-bond acceptors (Lipinski definition) is 38. The molecule has 43 nitrogen and oxygen atoms in total. The van der Waals surface area contributed by atoms with Gasteiger partial charge < -0.3 is 128 Å². The van der Waals surface area contributed by atoms with Gasteiger partial charge >= 0.3 is 83.6 Å². The second kappa shape index (κ2) is 58.4. The lowest BCUT2D eigenvalue weighted by Crippen LogP contribution is -2.44. The van der Waals surface area contributed by atoms with Crippen molar-refractivity contribution in [3.63, 3.8) is 0 Å². The Bertz CT molecular complexity index is 5120. The Balaban J connectivity index is 0.000000434. The highest BCUT2D eigenvalue weighted by Gasteiger charge is 2.27. The molecule has 706 valence electrons. The van der Waals surface area contributed by atoms with Gasteiger partial charge in [-0.2, -0.15) is 0 Å². The molecular weight excluding hydrogens is 1750 g/mol. The minimum absolute atomic E-state index is 0.0276. The second-order valence-electron chi connectivity index (χ2n) is 27.0. The maximum absolute atomic E-state index is 12.3. The van der Waals surface area contributed by atoms with Crippen molar-refractivity contribution in [1.29, 1.82) is 0 Å². The van der Waals surface area contributed by atoms with Crippen LogP contribution in [0.15, 0.2) is 194 Å². The third kappa shape index (κ3) is 45.8. The first-order chi connectivity index (χ1) is 62.5. The highest BCUT2D eigenvalue weighted by molar-refractivity contribution is 5.94. The summed E-state index contributed by atoms with van der Waals surface area (Å²) >= 11 is 0. The van der Waals surface area contributed by atoms with Crippen molar-refractivity contribution < 1.29 is 194 Å². The van der Waals surface area contributed by atoms with Crippen molar-refractivity contribution in [1.82, 2.24) is 16.0 Å². The number of rotatable bonds is 36. The van der Waals surface area contributed by atoms with Crippen molar-refractivity contribution in [3.8, 4) is 46.0 Å². The largest absolute Gasteiger partial charge is 0.508 e. The fraction of sp³-hybridized carbons (Fsp3) is 0.270. The van der Waals surface area contributed by atoms with Gasteiger partial charge in [0.25, 0.3) is 11.8 Å². The molecule has 0 aliphatic rings. The predicted molar refractivity (Wildman–Crippen MR) is 450 cm³/mol. The van der Waals surface area contributed by atoms with Gasteiger partial charge in [-0.15, -0.1) is 0 Å². The highest BCUT2D eigenvalue weighted by Crippen LogP contribution is 2.20. The van der Waals surface area contributed by atoms with Crippen LogP contribution in [0.1, 0.15) is 89.3 Å².